The quantitative estimate of drug-likeness (QED) is 0.674. The van der Waals surface area contributed by atoms with Gasteiger partial charge in [-0.05, 0) is 60.0 Å². The minimum Gasteiger partial charge on any atom is -0.322 e. The summed E-state index contributed by atoms with van der Waals surface area (Å²) in [6.07, 6.45) is 0.629. The molecule has 0 fully saturated rings. The van der Waals surface area contributed by atoms with Crippen molar-refractivity contribution >= 4 is 33.2 Å². The second kappa shape index (κ2) is 7.99. The second-order valence-electron chi connectivity index (χ2n) is 6.85. The first kappa shape index (κ1) is 19.6. The summed E-state index contributed by atoms with van der Waals surface area (Å²) in [5.41, 5.74) is 3.06. The molecular formula is C22H19ClN2O3S. The topological polar surface area (TPSA) is 66.5 Å². The lowest BCUT2D eigenvalue weighted by Crippen LogP contribution is -2.36. The van der Waals surface area contributed by atoms with Crippen LogP contribution in [-0.4, -0.2) is 25.2 Å². The molecule has 1 N–H and O–H groups in total. The highest BCUT2D eigenvalue weighted by Crippen LogP contribution is 2.27. The van der Waals surface area contributed by atoms with E-state index in [1.165, 1.54) is 4.31 Å². The Bertz CT molecular complexity index is 1160. The lowest BCUT2D eigenvalue weighted by Gasteiger charge is -2.28. The van der Waals surface area contributed by atoms with Crippen LogP contribution >= 0.6 is 11.6 Å². The van der Waals surface area contributed by atoms with Crippen LogP contribution in [0.25, 0.3) is 0 Å². The molecule has 0 atom stereocenters. The number of hydrogen-bond donors (Lipinski definition) is 1. The Balaban J connectivity index is 1.55. The highest BCUT2D eigenvalue weighted by atomic mass is 35.5. The van der Waals surface area contributed by atoms with Gasteiger partial charge in [0.25, 0.3) is 5.91 Å². The van der Waals surface area contributed by atoms with E-state index in [1.807, 2.05) is 18.2 Å². The van der Waals surface area contributed by atoms with Crippen molar-refractivity contribution in [2.24, 2.45) is 0 Å². The van der Waals surface area contributed by atoms with E-state index >= 15 is 0 Å². The van der Waals surface area contributed by atoms with E-state index in [0.717, 1.165) is 11.1 Å². The van der Waals surface area contributed by atoms with Gasteiger partial charge in [-0.15, -0.1) is 0 Å². The molecule has 148 valence electrons. The maximum Gasteiger partial charge on any atom is 0.255 e. The highest BCUT2D eigenvalue weighted by molar-refractivity contribution is 7.89. The van der Waals surface area contributed by atoms with Crippen LogP contribution < -0.4 is 5.32 Å². The van der Waals surface area contributed by atoms with Crippen LogP contribution in [0.2, 0.25) is 5.02 Å². The molecule has 0 saturated heterocycles. The third-order valence-electron chi connectivity index (χ3n) is 4.91. The number of nitrogens with zero attached hydrogens (tertiary/aromatic N) is 1. The molecule has 1 aliphatic heterocycles. The Morgan fingerprint density at radius 1 is 0.931 bits per heavy atom. The second-order valence-corrected chi connectivity index (χ2v) is 9.22. The molecule has 5 nitrogen and oxygen atoms in total. The Hall–Kier alpha value is -2.67. The number of rotatable bonds is 4. The molecule has 3 aromatic rings. The van der Waals surface area contributed by atoms with Crippen LogP contribution in [0, 0.1) is 0 Å². The van der Waals surface area contributed by atoms with E-state index in [9.17, 15) is 13.2 Å². The number of carbonyl (C=O) groups is 1. The van der Waals surface area contributed by atoms with Gasteiger partial charge in [-0.1, -0.05) is 41.9 Å². The first-order chi connectivity index (χ1) is 13.9. The predicted octanol–water partition coefficient (Wildman–Crippen LogP) is 4.34. The standard InChI is InChI=1S/C22H19ClN2O3S/c23-19-6-4-5-17(13-19)22(26)24-20-10-9-16-11-12-25(15-18(16)14-20)29(27,28)21-7-2-1-3-8-21/h1-10,13-14H,11-12,15H2,(H,24,26). The summed E-state index contributed by atoms with van der Waals surface area (Å²) in [6.45, 7) is 0.700. The normalized spacial score (nSPS) is 14.2. The average Bonchev–Trinajstić information content (AvgIpc) is 2.74. The highest BCUT2D eigenvalue weighted by Gasteiger charge is 2.28. The number of amides is 1. The molecule has 1 aliphatic rings. The van der Waals surface area contributed by atoms with Crippen LogP contribution in [0.3, 0.4) is 0 Å². The van der Waals surface area contributed by atoms with Gasteiger partial charge in [0.1, 0.15) is 0 Å². The average molecular weight is 427 g/mol. The van der Waals surface area contributed by atoms with Gasteiger partial charge >= 0.3 is 0 Å². The molecule has 0 radical (unpaired) electrons. The smallest absolute Gasteiger partial charge is 0.255 e. The number of hydrogen-bond acceptors (Lipinski definition) is 3. The maximum atomic E-state index is 12.9. The molecule has 1 amide bonds. The van der Waals surface area contributed by atoms with Crippen molar-refractivity contribution in [2.75, 3.05) is 11.9 Å². The van der Waals surface area contributed by atoms with Crippen molar-refractivity contribution in [1.29, 1.82) is 0 Å². The minimum atomic E-state index is -3.56. The molecular weight excluding hydrogens is 408 g/mol. The largest absolute Gasteiger partial charge is 0.322 e. The fourth-order valence-electron chi connectivity index (χ4n) is 3.39. The SMILES string of the molecule is O=C(Nc1ccc2c(c1)CN(S(=O)(=O)c1ccccc1)CC2)c1cccc(Cl)c1. The molecule has 0 aliphatic carbocycles. The number of nitrogens with one attached hydrogen (secondary N) is 1. The van der Waals surface area contributed by atoms with Crippen LogP contribution in [0.4, 0.5) is 5.69 Å². The van der Waals surface area contributed by atoms with E-state index in [4.69, 9.17) is 11.6 Å². The molecule has 1 heterocycles. The van der Waals surface area contributed by atoms with E-state index in [-0.39, 0.29) is 17.3 Å². The zero-order chi connectivity index (χ0) is 20.4. The van der Waals surface area contributed by atoms with Crippen molar-refractivity contribution in [3.05, 3.63) is 94.5 Å². The summed E-state index contributed by atoms with van der Waals surface area (Å²) in [7, 11) is -3.56. The maximum absolute atomic E-state index is 12.9. The fourth-order valence-corrected chi connectivity index (χ4v) is 5.02. The molecule has 0 bridgehead atoms. The summed E-state index contributed by atoms with van der Waals surface area (Å²) in [5, 5.41) is 3.35. The van der Waals surface area contributed by atoms with E-state index in [0.29, 0.717) is 29.2 Å². The Labute approximate surface area is 175 Å². The predicted molar refractivity (Wildman–Crippen MR) is 114 cm³/mol. The van der Waals surface area contributed by atoms with Crippen molar-refractivity contribution in [1.82, 2.24) is 4.31 Å². The number of benzene rings is 3. The lowest BCUT2D eigenvalue weighted by molar-refractivity contribution is 0.102. The van der Waals surface area contributed by atoms with Crippen LogP contribution in [0.15, 0.2) is 77.7 Å². The molecule has 0 spiro atoms. The van der Waals surface area contributed by atoms with Gasteiger partial charge in [-0.2, -0.15) is 4.31 Å². The van der Waals surface area contributed by atoms with E-state index < -0.39 is 10.0 Å². The molecule has 3 aromatic carbocycles. The molecule has 0 unspecified atom stereocenters. The van der Waals surface area contributed by atoms with Gasteiger partial charge in [0.05, 0.1) is 4.90 Å². The van der Waals surface area contributed by atoms with Crippen molar-refractivity contribution in [2.45, 2.75) is 17.9 Å². The minimum absolute atomic E-state index is 0.267. The van der Waals surface area contributed by atoms with Crippen LogP contribution in [-0.2, 0) is 23.0 Å². The van der Waals surface area contributed by atoms with Gasteiger partial charge in [0, 0.05) is 29.4 Å². The summed E-state index contributed by atoms with van der Waals surface area (Å²) in [4.78, 5) is 12.8. The lowest BCUT2D eigenvalue weighted by atomic mass is 10.0. The Morgan fingerprint density at radius 3 is 2.48 bits per heavy atom. The Morgan fingerprint density at radius 2 is 1.72 bits per heavy atom. The molecule has 0 saturated carbocycles. The molecule has 0 aromatic heterocycles. The third kappa shape index (κ3) is 4.19. The fraction of sp³-hybridized carbons (Fsp3) is 0.136. The summed E-state index contributed by atoms with van der Waals surface area (Å²) >= 11 is 5.95. The van der Waals surface area contributed by atoms with Crippen molar-refractivity contribution in [3.63, 3.8) is 0 Å². The number of carbonyl (C=O) groups excluding carboxylic acids is 1. The number of anilines is 1. The van der Waals surface area contributed by atoms with Crippen LogP contribution in [0.5, 0.6) is 0 Å². The summed E-state index contributed by atoms with van der Waals surface area (Å²) in [6, 6.07) is 20.8. The first-order valence-electron chi connectivity index (χ1n) is 9.17. The van der Waals surface area contributed by atoms with Gasteiger partial charge in [-0.3, -0.25) is 4.79 Å². The number of halogens is 1. The van der Waals surface area contributed by atoms with Crippen LogP contribution in [0.1, 0.15) is 21.5 Å². The molecule has 29 heavy (non-hydrogen) atoms. The van der Waals surface area contributed by atoms with Gasteiger partial charge in [0.2, 0.25) is 10.0 Å². The van der Waals surface area contributed by atoms with E-state index in [2.05, 4.69) is 5.32 Å². The van der Waals surface area contributed by atoms with Gasteiger partial charge in [0.15, 0.2) is 0 Å². The number of fused-ring (bicyclic) bond motifs is 1. The summed E-state index contributed by atoms with van der Waals surface area (Å²) in [5.74, 6) is -0.267. The zero-order valence-corrected chi connectivity index (χ0v) is 17.1. The zero-order valence-electron chi connectivity index (χ0n) is 15.5. The first-order valence-corrected chi connectivity index (χ1v) is 11.0. The summed E-state index contributed by atoms with van der Waals surface area (Å²) < 4.78 is 27.3. The molecule has 7 heteroatoms. The van der Waals surface area contributed by atoms with Gasteiger partial charge in [-0.25, -0.2) is 8.42 Å². The van der Waals surface area contributed by atoms with Crippen molar-refractivity contribution < 1.29 is 13.2 Å². The Kier molecular flexibility index (Phi) is 5.41. The van der Waals surface area contributed by atoms with Gasteiger partial charge < -0.3 is 5.32 Å². The monoisotopic (exact) mass is 426 g/mol. The number of sulfonamides is 1. The van der Waals surface area contributed by atoms with Crippen molar-refractivity contribution in [3.8, 4) is 0 Å². The van der Waals surface area contributed by atoms with E-state index in [1.54, 1.807) is 54.6 Å². The molecule has 4 rings (SSSR count). The third-order valence-corrected chi connectivity index (χ3v) is 7.00.